The third-order valence-electron chi connectivity index (χ3n) is 1.91. The summed E-state index contributed by atoms with van der Waals surface area (Å²) in [6.07, 6.45) is 0. The lowest BCUT2D eigenvalue weighted by molar-refractivity contribution is 0.0941. The number of hydrogen-bond donors (Lipinski definition) is 2. The summed E-state index contributed by atoms with van der Waals surface area (Å²) in [6.45, 7) is 2.13. The molecule has 1 aromatic carbocycles. The Balaban J connectivity index is 2.78. The van der Waals surface area contributed by atoms with E-state index in [2.05, 4.69) is 5.32 Å². The summed E-state index contributed by atoms with van der Waals surface area (Å²) in [7, 11) is 0. The van der Waals surface area contributed by atoms with Gasteiger partial charge in [0.05, 0.1) is 5.02 Å². The molecule has 1 rings (SSSR count). The molecule has 1 amide bonds. The number of nitrogens with one attached hydrogen (secondary N) is 1. The average Bonchev–Trinajstić information content (AvgIpc) is 2.21. The minimum Gasteiger partial charge on any atom is -0.348 e. The first-order valence-corrected chi connectivity index (χ1v) is 4.88. The largest absolute Gasteiger partial charge is 0.348 e. The number of rotatable bonds is 3. The van der Waals surface area contributed by atoms with Crippen molar-refractivity contribution in [3.63, 3.8) is 0 Å². The Morgan fingerprint density at radius 3 is 2.87 bits per heavy atom. The smallest absolute Gasteiger partial charge is 0.251 e. The summed E-state index contributed by atoms with van der Waals surface area (Å²) >= 11 is 5.55. The first-order valence-electron chi connectivity index (χ1n) is 4.50. The molecule has 3 nitrogen and oxygen atoms in total. The number of benzene rings is 1. The van der Waals surface area contributed by atoms with Gasteiger partial charge in [0, 0.05) is 18.2 Å². The summed E-state index contributed by atoms with van der Waals surface area (Å²) in [6, 6.07) is 3.70. The second-order valence-corrected chi connectivity index (χ2v) is 3.65. The van der Waals surface area contributed by atoms with E-state index in [1.807, 2.05) is 0 Å². The Bertz CT molecular complexity index is 370. The Morgan fingerprint density at radius 2 is 2.33 bits per heavy atom. The third-order valence-corrected chi connectivity index (χ3v) is 2.20. The summed E-state index contributed by atoms with van der Waals surface area (Å²) in [5.41, 5.74) is 5.67. The van der Waals surface area contributed by atoms with Gasteiger partial charge in [-0.15, -0.1) is 0 Å². The van der Waals surface area contributed by atoms with Gasteiger partial charge in [0.1, 0.15) is 5.82 Å². The van der Waals surface area contributed by atoms with Crippen molar-refractivity contribution in [2.45, 2.75) is 13.0 Å². The van der Waals surface area contributed by atoms with E-state index < -0.39 is 5.82 Å². The molecule has 0 aliphatic carbocycles. The first-order chi connectivity index (χ1) is 7.04. The highest BCUT2D eigenvalue weighted by atomic mass is 35.5. The standard InChI is InChI=1S/C10H12ClFN2O/c1-6(5-13)14-10(15)7-2-3-9(12)8(11)4-7/h2-4,6H,5,13H2,1H3,(H,14,15). The maximum atomic E-state index is 12.8. The van der Waals surface area contributed by atoms with E-state index in [1.54, 1.807) is 6.92 Å². The molecule has 0 aromatic heterocycles. The van der Waals surface area contributed by atoms with E-state index in [-0.39, 0.29) is 17.0 Å². The number of amides is 1. The van der Waals surface area contributed by atoms with Crippen LogP contribution >= 0.6 is 11.6 Å². The Kier molecular flexibility index (Phi) is 4.05. The maximum absolute atomic E-state index is 12.8. The summed E-state index contributed by atoms with van der Waals surface area (Å²) < 4.78 is 12.8. The van der Waals surface area contributed by atoms with Gasteiger partial charge in [-0.25, -0.2) is 4.39 Å². The third kappa shape index (κ3) is 3.18. The molecule has 3 N–H and O–H groups in total. The molecule has 1 aromatic rings. The molecule has 82 valence electrons. The molecule has 1 unspecified atom stereocenters. The summed E-state index contributed by atoms with van der Waals surface area (Å²) in [5, 5.41) is 2.58. The van der Waals surface area contributed by atoms with E-state index in [9.17, 15) is 9.18 Å². The minimum atomic E-state index is -0.542. The molecule has 0 saturated heterocycles. The lowest BCUT2D eigenvalue weighted by atomic mass is 10.2. The Labute approximate surface area is 92.4 Å². The predicted molar refractivity (Wildman–Crippen MR) is 57.4 cm³/mol. The van der Waals surface area contributed by atoms with Gasteiger partial charge in [-0.3, -0.25) is 4.79 Å². The van der Waals surface area contributed by atoms with Crippen molar-refractivity contribution in [2.24, 2.45) is 5.73 Å². The highest BCUT2D eigenvalue weighted by molar-refractivity contribution is 6.31. The molecule has 0 spiro atoms. The van der Waals surface area contributed by atoms with E-state index in [4.69, 9.17) is 17.3 Å². The number of carbonyl (C=O) groups excluding carboxylic acids is 1. The van der Waals surface area contributed by atoms with Crippen molar-refractivity contribution in [1.29, 1.82) is 0 Å². The van der Waals surface area contributed by atoms with Crippen LogP contribution in [-0.2, 0) is 0 Å². The second kappa shape index (κ2) is 5.09. The van der Waals surface area contributed by atoms with E-state index in [0.717, 1.165) is 6.07 Å². The van der Waals surface area contributed by atoms with E-state index >= 15 is 0 Å². The van der Waals surface area contributed by atoms with Gasteiger partial charge in [-0.1, -0.05) is 11.6 Å². The van der Waals surface area contributed by atoms with Crippen LogP contribution in [0, 0.1) is 5.82 Å². The van der Waals surface area contributed by atoms with Crippen molar-refractivity contribution in [2.75, 3.05) is 6.54 Å². The van der Waals surface area contributed by atoms with Gasteiger partial charge < -0.3 is 11.1 Å². The maximum Gasteiger partial charge on any atom is 0.251 e. The van der Waals surface area contributed by atoms with Gasteiger partial charge in [0.2, 0.25) is 0 Å². The molecule has 1 atom stereocenters. The quantitative estimate of drug-likeness (QED) is 0.828. The van der Waals surface area contributed by atoms with Crippen LogP contribution in [0.2, 0.25) is 5.02 Å². The number of halogens is 2. The van der Waals surface area contributed by atoms with Crippen LogP contribution < -0.4 is 11.1 Å². The molecule has 15 heavy (non-hydrogen) atoms. The van der Waals surface area contributed by atoms with Crippen molar-refractivity contribution in [3.05, 3.63) is 34.6 Å². The molecule has 0 heterocycles. The van der Waals surface area contributed by atoms with Crippen LogP contribution in [0.15, 0.2) is 18.2 Å². The van der Waals surface area contributed by atoms with E-state index in [1.165, 1.54) is 12.1 Å². The van der Waals surface area contributed by atoms with Crippen LogP contribution in [0.25, 0.3) is 0 Å². The second-order valence-electron chi connectivity index (χ2n) is 3.24. The molecular formula is C10H12ClFN2O. The molecular weight excluding hydrogens is 219 g/mol. The molecule has 0 bridgehead atoms. The van der Waals surface area contributed by atoms with Crippen LogP contribution in [0.1, 0.15) is 17.3 Å². The summed E-state index contributed by atoms with van der Waals surface area (Å²) in [4.78, 5) is 11.5. The summed E-state index contributed by atoms with van der Waals surface area (Å²) in [5.74, 6) is -0.852. The Hall–Kier alpha value is -1.13. The van der Waals surface area contributed by atoms with Crippen LogP contribution in [-0.4, -0.2) is 18.5 Å². The Morgan fingerprint density at radius 1 is 1.67 bits per heavy atom. The van der Waals surface area contributed by atoms with Crippen molar-refractivity contribution in [1.82, 2.24) is 5.32 Å². The minimum absolute atomic E-state index is 0.0666. The lowest BCUT2D eigenvalue weighted by Gasteiger charge is -2.11. The van der Waals surface area contributed by atoms with Crippen LogP contribution in [0.5, 0.6) is 0 Å². The average molecular weight is 231 g/mol. The highest BCUT2D eigenvalue weighted by Gasteiger charge is 2.10. The van der Waals surface area contributed by atoms with Crippen LogP contribution in [0.3, 0.4) is 0 Å². The monoisotopic (exact) mass is 230 g/mol. The zero-order valence-corrected chi connectivity index (χ0v) is 9.01. The van der Waals surface area contributed by atoms with E-state index in [0.29, 0.717) is 12.1 Å². The zero-order valence-electron chi connectivity index (χ0n) is 8.26. The number of hydrogen-bond acceptors (Lipinski definition) is 2. The fourth-order valence-corrected chi connectivity index (χ4v) is 1.18. The van der Waals surface area contributed by atoms with Crippen molar-refractivity contribution >= 4 is 17.5 Å². The fraction of sp³-hybridized carbons (Fsp3) is 0.300. The molecule has 5 heteroatoms. The van der Waals surface area contributed by atoms with Gasteiger partial charge in [-0.2, -0.15) is 0 Å². The predicted octanol–water partition coefficient (Wildman–Crippen LogP) is 1.56. The number of carbonyl (C=O) groups is 1. The highest BCUT2D eigenvalue weighted by Crippen LogP contribution is 2.15. The lowest BCUT2D eigenvalue weighted by Crippen LogP contribution is -2.37. The molecule has 0 aliphatic heterocycles. The van der Waals surface area contributed by atoms with Crippen LogP contribution in [0.4, 0.5) is 4.39 Å². The SMILES string of the molecule is CC(CN)NC(=O)c1ccc(F)c(Cl)c1. The zero-order chi connectivity index (χ0) is 11.4. The molecule has 0 radical (unpaired) electrons. The van der Waals surface area contributed by atoms with Gasteiger partial charge >= 0.3 is 0 Å². The fourth-order valence-electron chi connectivity index (χ4n) is 1.00. The molecule has 0 saturated carbocycles. The van der Waals surface area contributed by atoms with Crippen molar-refractivity contribution < 1.29 is 9.18 Å². The molecule has 0 fully saturated rings. The van der Waals surface area contributed by atoms with Gasteiger partial charge in [0.15, 0.2) is 0 Å². The van der Waals surface area contributed by atoms with Crippen molar-refractivity contribution in [3.8, 4) is 0 Å². The molecule has 0 aliphatic rings. The topological polar surface area (TPSA) is 55.1 Å². The van der Waals surface area contributed by atoms with Gasteiger partial charge in [0.25, 0.3) is 5.91 Å². The normalized spacial score (nSPS) is 12.3. The number of nitrogens with two attached hydrogens (primary N) is 1. The first kappa shape index (κ1) is 11.9. The van der Waals surface area contributed by atoms with Gasteiger partial charge in [-0.05, 0) is 25.1 Å².